The van der Waals surface area contributed by atoms with Crippen LogP contribution >= 0.6 is 35.1 Å². The lowest BCUT2D eigenvalue weighted by atomic mass is 10.2. The van der Waals surface area contributed by atoms with E-state index in [-0.39, 0.29) is 11.7 Å². The summed E-state index contributed by atoms with van der Waals surface area (Å²) in [6, 6.07) is 17.0. The maximum absolute atomic E-state index is 12.4. The minimum Gasteiger partial charge on any atom is -0.324 e. The number of amides is 1. The molecule has 1 N–H and O–H groups in total. The standard InChI is InChI=1S/C20H18ClN5OS2/c1-2-26-19(14-7-9-15(21)10-8-14)24-25-20(26)29-13-18(27)23-16-5-3-4-6-17(16)28-12-11-22/h3-10H,2,12-13H2,1H3,(H,23,27). The average Bonchev–Trinajstić information content (AvgIpc) is 3.15. The molecule has 0 saturated carbocycles. The number of carbonyl (C=O) groups is 1. The van der Waals surface area contributed by atoms with Gasteiger partial charge in [0, 0.05) is 22.0 Å². The van der Waals surface area contributed by atoms with Gasteiger partial charge in [0.2, 0.25) is 5.91 Å². The normalized spacial score (nSPS) is 10.5. The first-order valence-corrected chi connectivity index (χ1v) is 11.2. The molecule has 29 heavy (non-hydrogen) atoms. The second kappa shape index (κ2) is 10.3. The van der Waals surface area contributed by atoms with Crippen LogP contribution in [0.25, 0.3) is 11.4 Å². The third-order valence-corrected chi connectivity index (χ3v) is 6.08. The predicted octanol–water partition coefficient (Wildman–Crippen LogP) is 4.96. The van der Waals surface area contributed by atoms with Crippen LogP contribution in [-0.4, -0.2) is 32.2 Å². The first-order chi connectivity index (χ1) is 14.1. The fourth-order valence-electron chi connectivity index (χ4n) is 2.62. The first-order valence-electron chi connectivity index (χ1n) is 8.83. The number of anilines is 1. The summed E-state index contributed by atoms with van der Waals surface area (Å²) in [6.07, 6.45) is 0. The summed E-state index contributed by atoms with van der Waals surface area (Å²) < 4.78 is 1.97. The Bertz CT molecular complexity index is 1030. The number of carbonyl (C=O) groups excluding carboxylic acids is 1. The smallest absolute Gasteiger partial charge is 0.234 e. The maximum atomic E-state index is 12.4. The third-order valence-electron chi connectivity index (χ3n) is 3.92. The van der Waals surface area contributed by atoms with Crippen molar-refractivity contribution in [3.8, 4) is 17.5 Å². The van der Waals surface area contributed by atoms with Crippen LogP contribution in [0.5, 0.6) is 0 Å². The predicted molar refractivity (Wildman–Crippen MR) is 118 cm³/mol. The van der Waals surface area contributed by atoms with Crippen LogP contribution in [0.2, 0.25) is 5.02 Å². The van der Waals surface area contributed by atoms with Crippen LogP contribution < -0.4 is 5.32 Å². The van der Waals surface area contributed by atoms with Gasteiger partial charge in [0.05, 0.1) is 23.3 Å². The van der Waals surface area contributed by atoms with E-state index >= 15 is 0 Å². The van der Waals surface area contributed by atoms with Crippen molar-refractivity contribution in [2.24, 2.45) is 0 Å². The number of nitrogens with zero attached hydrogens (tertiary/aromatic N) is 4. The van der Waals surface area contributed by atoms with Gasteiger partial charge >= 0.3 is 0 Å². The average molecular weight is 444 g/mol. The van der Waals surface area contributed by atoms with Gasteiger partial charge in [0.25, 0.3) is 0 Å². The number of halogens is 1. The Morgan fingerprint density at radius 1 is 1.17 bits per heavy atom. The number of hydrogen-bond donors (Lipinski definition) is 1. The first kappa shape index (κ1) is 21.2. The third kappa shape index (κ3) is 5.54. The number of aromatic nitrogens is 3. The lowest BCUT2D eigenvalue weighted by molar-refractivity contribution is -0.113. The second-order valence-electron chi connectivity index (χ2n) is 5.84. The Balaban J connectivity index is 1.67. The monoisotopic (exact) mass is 443 g/mol. The largest absolute Gasteiger partial charge is 0.324 e. The number of hydrogen-bond acceptors (Lipinski definition) is 6. The molecule has 1 heterocycles. The van der Waals surface area contributed by atoms with Gasteiger partial charge in [-0.25, -0.2) is 0 Å². The fourth-order valence-corrected chi connectivity index (χ4v) is 4.21. The molecular weight excluding hydrogens is 426 g/mol. The van der Waals surface area contributed by atoms with Gasteiger partial charge in [-0.1, -0.05) is 35.5 Å². The number of nitriles is 1. The van der Waals surface area contributed by atoms with Gasteiger partial charge in [0.15, 0.2) is 11.0 Å². The summed E-state index contributed by atoms with van der Waals surface area (Å²) in [7, 11) is 0. The molecule has 0 fully saturated rings. The molecule has 0 aliphatic carbocycles. The van der Waals surface area contributed by atoms with E-state index in [1.165, 1.54) is 23.5 Å². The summed E-state index contributed by atoms with van der Waals surface area (Å²) in [5.41, 5.74) is 1.63. The van der Waals surface area contributed by atoms with Crippen LogP contribution in [0.1, 0.15) is 6.92 Å². The Morgan fingerprint density at radius 3 is 2.66 bits per heavy atom. The minimum absolute atomic E-state index is 0.140. The molecule has 0 saturated heterocycles. The van der Waals surface area contributed by atoms with Crippen LogP contribution in [0.3, 0.4) is 0 Å². The van der Waals surface area contributed by atoms with Crippen molar-refractivity contribution in [1.82, 2.24) is 14.8 Å². The molecule has 0 aliphatic rings. The van der Waals surface area contributed by atoms with E-state index in [0.717, 1.165) is 16.3 Å². The molecule has 0 bridgehead atoms. The van der Waals surface area contributed by atoms with Crippen molar-refractivity contribution in [3.63, 3.8) is 0 Å². The highest BCUT2D eigenvalue weighted by atomic mass is 35.5. The van der Waals surface area contributed by atoms with Gasteiger partial charge in [-0.05, 0) is 43.3 Å². The van der Waals surface area contributed by atoms with E-state index in [0.29, 0.717) is 28.2 Å². The quantitative estimate of drug-likeness (QED) is 0.495. The van der Waals surface area contributed by atoms with Crippen molar-refractivity contribution >= 4 is 46.7 Å². The molecule has 2 aromatic carbocycles. The highest BCUT2D eigenvalue weighted by Crippen LogP contribution is 2.28. The molecule has 6 nitrogen and oxygen atoms in total. The zero-order valence-corrected chi connectivity index (χ0v) is 18.0. The van der Waals surface area contributed by atoms with Crippen molar-refractivity contribution < 1.29 is 4.79 Å². The molecule has 0 atom stereocenters. The second-order valence-corrected chi connectivity index (χ2v) is 8.23. The Labute approximate surface area is 182 Å². The van der Waals surface area contributed by atoms with Gasteiger partial charge in [0.1, 0.15) is 0 Å². The summed E-state index contributed by atoms with van der Waals surface area (Å²) >= 11 is 8.69. The van der Waals surface area contributed by atoms with E-state index in [2.05, 4.69) is 21.6 Å². The molecule has 1 aromatic heterocycles. The molecule has 3 rings (SSSR count). The molecule has 0 aliphatic heterocycles. The van der Waals surface area contributed by atoms with E-state index in [1.54, 1.807) is 0 Å². The van der Waals surface area contributed by atoms with Crippen molar-refractivity contribution in [2.45, 2.75) is 23.5 Å². The lowest BCUT2D eigenvalue weighted by Gasteiger charge is -2.10. The zero-order chi connectivity index (χ0) is 20.6. The Kier molecular flexibility index (Phi) is 7.58. The molecular formula is C20H18ClN5OS2. The summed E-state index contributed by atoms with van der Waals surface area (Å²) in [4.78, 5) is 13.3. The number of benzene rings is 2. The van der Waals surface area contributed by atoms with E-state index in [4.69, 9.17) is 16.9 Å². The minimum atomic E-state index is -0.140. The molecule has 148 valence electrons. The Morgan fingerprint density at radius 2 is 1.93 bits per heavy atom. The number of nitrogens with one attached hydrogen (secondary N) is 1. The number of para-hydroxylation sites is 1. The summed E-state index contributed by atoms with van der Waals surface area (Å²) in [6.45, 7) is 2.69. The molecule has 0 radical (unpaired) electrons. The van der Waals surface area contributed by atoms with Crippen molar-refractivity contribution in [1.29, 1.82) is 5.26 Å². The van der Waals surface area contributed by atoms with E-state index in [1.807, 2.05) is 60.0 Å². The fraction of sp³-hybridized carbons (Fsp3) is 0.200. The molecule has 1 amide bonds. The highest BCUT2D eigenvalue weighted by molar-refractivity contribution is 8.00. The zero-order valence-electron chi connectivity index (χ0n) is 15.6. The van der Waals surface area contributed by atoms with Gasteiger partial charge in [-0.15, -0.1) is 22.0 Å². The Hall–Kier alpha value is -2.47. The molecule has 0 unspecified atom stereocenters. The van der Waals surface area contributed by atoms with Crippen molar-refractivity contribution in [2.75, 3.05) is 16.8 Å². The van der Waals surface area contributed by atoms with Crippen LogP contribution in [0.15, 0.2) is 58.6 Å². The van der Waals surface area contributed by atoms with E-state index < -0.39 is 0 Å². The van der Waals surface area contributed by atoms with Crippen LogP contribution in [0.4, 0.5) is 5.69 Å². The van der Waals surface area contributed by atoms with E-state index in [9.17, 15) is 4.79 Å². The topological polar surface area (TPSA) is 83.6 Å². The molecule has 0 spiro atoms. The van der Waals surface area contributed by atoms with Gasteiger partial charge in [-0.3, -0.25) is 4.79 Å². The summed E-state index contributed by atoms with van der Waals surface area (Å²) in [5, 5.41) is 21.6. The van der Waals surface area contributed by atoms with Crippen LogP contribution in [-0.2, 0) is 11.3 Å². The summed E-state index contributed by atoms with van der Waals surface area (Å²) in [5.74, 6) is 1.13. The number of thioether (sulfide) groups is 2. The van der Waals surface area contributed by atoms with Crippen LogP contribution in [0, 0.1) is 11.3 Å². The molecule has 3 aromatic rings. The number of rotatable bonds is 8. The maximum Gasteiger partial charge on any atom is 0.234 e. The lowest BCUT2D eigenvalue weighted by Crippen LogP contribution is -2.15. The van der Waals surface area contributed by atoms with Gasteiger partial charge < -0.3 is 9.88 Å². The highest BCUT2D eigenvalue weighted by Gasteiger charge is 2.15. The van der Waals surface area contributed by atoms with Gasteiger partial charge in [-0.2, -0.15) is 5.26 Å². The SMILES string of the molecule is CCn1c(SCC(=O)Nc2ccccc2SCC#N)nnc1-c1ccc(Cl)cc1. The van der Waals surface area contributed by atoms with Crippen molar-refractivity contribution in [3.05, 3.63) is 53.6 Å². The molecule has 9 heteroatoms.